The lowest BCUT2D eigenvalue weighted by Gasteiger charge is -2.29. The molecule has 4 rings (SSSR count). The first-order valence-electron chi connectivity index (χ1n) is 7.39. The minimum atomic E-state index is -0.437. The smallest absolute Gasteiger partial charge is 0.280 e. The largest absolute Gasteiger partial charge is 0.377 e. The second-order valence-corrected chi connectivity index (χ2v) is 5.65. The first kappa shape index (κ1) is 13.8. The maximum absolute atomic E-state index is 12.1. The Morgan fingerprint density at radius 2 is 1.83 bits per heavy atom. The van der Waals surface area contributed by atoms with E-state index in [2.05, 4.69) is 21.7 Å². The van der Waals surface area contributed by atoms with Gasteiger partial charge in [0.15, 0.2) is 5.96 Å². The second-order valence-electron chi connectivity index (χ2n) is 5.65. The van der Waals surface area contributed by atoms with Gasteiger partial charge in [-0.05, 0) is 18.2 Å². The predicted molar refractivity (Wildman–Crippen MR) is 89.4 cm³/mol. The summed E-state index contributed by atoms with van der Waals surface area (Å²) in [4.78, 5) is 15.7. The topological polar surface area (TPSA) is 95.6 Å². The van der Waals surface area contributed by atoms with Crippen LogP contribution in [0.2, 0.25) is 0 Å². The number of ether oxygens (including phenoxy) is 1. The van der Waals surface area contributed by atoms with Gasteiger partial charge in [-0.25, -0.2) is 0 Å². The van der Waals surface area contributed by atoms with Gasteiger partial charge in [-0.1, -0.05) is 24.3 Å². The highest BCUT2D eigenvalue weighted by Gasteiger charge is 2.25. The predicted octanol–water partition coefficient (Wildman–Crippen LogP) is 1.78. The summed E-state index contributed by atoms with van der Waals surface area (Å²) in [5.74, 6) is -0.670. The Labute approximate surface area is 132 Å². The number of aliphatic imine (C=N–C) groups is 1. The van der Waals surface area contributed by atoms with Crippen molar-refractivity contribution in [3.63, 3.8) is 0 Å². The molecule has 4 N–H and O–H groups in total. The number of para-hydroxylation sites is 1. The van der Waals surface area contributed by atoms with Gasteiger partial charge in [0.25, 0.3) is 5.91 Å². The Bertz CT molecular complexity index is 950. The molecule has 116 valence electrons. The van der Waals surface area contributed by atoms with E-state index in [-0.39, 0.29) is 12.0 Å². The van der Waals surface area contributed by atoms with E-state index in [4.69, 9.17) is 16.2 Å². The molecule has 1 aliphatic heterocycles. The lowest BCUT2D eigenvalue weighted by molar-refractivity contribution is -0.0196. The molecule has 1 amide bonds. The summed E-state index contributed by atoms with van der Waals surface area (Å²) in [7, 11) is 0. The van der Waals surface area contributed by atoms with Crippen molar-refractivity contribution in [3.05, 3.63) is 48.0 Å². The first-order valence-corrected chi connectivity index (χ1v) is 7.39. The summed E-state index contributed by atoms with van der Waals surface area (Å²) in [5.41, 5.74) is 13.2. The van der Waals surface area contributed by atoms with Gasteiger partial charge in [0.05, 0.1) is 24.8 Å². The summed E-state index contributed by atoms with van der Waals surface area (Å²) in [6.07, 6.45) is 0. The second kappa shape index (κ2) is 5.10. The van der Waals surface area contributed by atoms with Crippen molar-refractivity contribution in [2.24, 2.45) is 16.5 Å². The minimum Gasteiger partial charge on any atom is -0.377 e. The number of carbonyl (C=O) groups is 1. The van der Waals surface area contributed by atoms with Gasteiger partial charge in [-0.3, -0.25) is 4.79 Å². The Morgan fingerprint density at radius 3 is 2.52 bits per heavy atom. The van der Waals surface area contributed by atoms with Gasteiger partial charge < -0.3 is 20.8 Å². The number of aromatic nitrogens is 1. The van der Waals surface area contributed by atoms with Crippen LogP contribution in [-0.4, -0.2) is 29.6 Å². The molecule has 1 fully saturated rings. The fourth-order valence-corrected chi connectivity index (χ4v) is 3.08. The number of benzene rings is 2. The van der Waals surface area contributed by atoms with Crippen LogP contribution in [0.3, 0.4) is 0 Å². The van der Waals surface area contributed by atoms with E-state index < -0.39 is 5.91 Å². The van der Waals surface area contributed by atoms with Crippen LogP contribution in [0.15, 0.2) is 47.5 Å². The number of nitrogens with two attached hydrogens (primary N) is 2. The zero-order valence-electron chi connectivity index (χ0n) is 12.4. The lowest BCUT2D eigenvalue weighted by Crippen LogP contribution is -2.30. The quantitative estimate of drug-likeness (QED) is 0.557. The molecule has 23 heavy (non-hydrogen) atoms. The Hall–Kier alpha value is -2.86. The van der Waals surface area contributed by atoms with Gasteiger partial charge in [0.1, 0.15) is 0 Å². The Kier molecular flexibility index (Phi) is 3.06. The molecule has 0 atom stereocenters. The van der Waals surface area contributed by atoms with Crippen LogP contribution >= 0.6 is 0 Å². The van der Waals surface area contributed by atoms with Crippen molar-refractivity contribution >= 4 is 33.7 Å². The van der Waals surface area contributed by atoms with E-state index >= 15 is 0 Å². The van der Waals surface area contributed by atoms with Crippen LogP contribution in [0.4, 0.5) is 0 Å². The van der Waals surface area contributed by atoms with Crippen LogP contribution in [0, 0.1) is 0 Å². The molecule has 2 heterocycles. The number of carbonyl (C=O) groups excluding carboxylic acids is 1. The maximum Gasteiger partial charge on any atom is 0.280 e. The van der Waals surface area contributed by atoms with Crippen molar-refractivity contribution in [2.45, 2.75) is 6.04 Å². The Balaban J connectivity index is 1.98. The highest BCUT2D eigenvalue weighted by Crippen LogP contribution is 2.34. The number of rotatable bonds is 2. The van der Waals surface area contributed by atoms with Crippen molar-refractivity contribution in [1.29, 1.82) is 0 Å². The van der Waals surface area contributed by atoms with Crippen LogP contribution in [0.25, 0.3) is 21.8 Å². The van der Waals surface area contributed by atoms with Crippen molar-refractivity contribution in [2.75, 3.05) is 13.2 Å². The van der Waals surface area contributed by atoms with Gasteiger partial charge in [-0.2, -0.15) is 4.99 Å². The molecule has 1 aliphatic rings. The highest BCUT2D eigenvalue weighted by molar-refractivity contribution is 6.11. The lowest BCUT2D eigenvalue weighted by atomic mass is 10.1. The minimum absolute atomic E-state index is 0.233. The standard InChI is InChI=1S/C17H16N4O2/c18-17(19)20-16(22)10-5-6-13-12-3-1-2-4-14(12)21(15(13)7-10)11-8-23-9-11/h1-7,11H,8-9H2,(H4,18,19,20,22). The summed E-state index contributed by atoms with van der Waals surface area (Å²) >= 11 is 0. The molecular formula is C17H16N4O2. The Morgan fingerprint density at radius 1 is 1.09 bits per heavy atom. The number of fused-ring (bicyclic) bond motifs is 3. The number of hydrogen-bond donors (Lipinski definition) is 2. The van der Waals surface area contributed by atoms with Gasteiger partial charge in [0.2, 0.25) is 0 Å². The van der Waals surface area contributed by atoms with Crippen LogP contribution < -0.4 is 11.5 Å². The molecule has 0 spiro atoms. The molecular weight excluding hydrogens is 292 g/mol. The molecule has 0 bridgehead atoms. The van der Waals surface area contributed by atoms with E-state index in [1.807, 2.05) is 24.3 Å². The number of guanidine groups is 1. The molecule has 0 saturated carbocycles. The third kappa shape index (κ3) is 2.15. The highest BCUT2D eigenvalue weighted by atomic mass is 16.5. The van der Waals surface area contributed by atoms with E-state index in [1.54, 1.807) is 6.07 Å². The molecule has 0 radical (unpaired) electrons. The number of hydrogen-bond acceptors (Lipinski definition) is 2. The molecule has 1 aromatic heterocycles. The van der Waals surface area contributed by atoms with Crippen molar-refractivity contribution < 1.29 is 9.53 Å². The van der Waals surface area contributed by atoms with Gasteiger partial charge >= 0.3 is 0 Å². The monoisotopic (exact) mass is 308 g/mol. The van der Waals surface area contributed by atoms with E-state index in [0.29, 0.717) is 18.8 Å². The average Bonchev–Trinajstić information content (AvgIpc) is 2.80. The van der Waals surface area contributed by atoms with Gasteiger partial charge in [-0.15, -0.1) is 0 Å². The maximum atomic E-state index is 12.1. The van der Waals surface area contributed by atoms with E-state index in [1.165, 1.54) is 0 Å². The zero-order chi connectivity index (χ0) is 16.0. The van der Waals surface area contributed by atoms with Gasteiger partial charge in [0, 0.05) is 21.9 Å². The molecule has 1 saturated heterocycles. The number of nitrogens with zero attached hydrogens (tertiary/aromatic N) is 2. The summed E-state index contributed by atoms with van der Waals surface area (Å²) < 4.78 is 7.58. The first-order chi connectivity index (χ1) is 11.1. The van der Waals surface area contributed by atoms with Crippen LogP contribution in [0.1, 0.15) is 16.4 Å². The fourth-order valence-electron chi connectivity index (χ4n) is 3.08. The molecule has 3 aromatic rings. The van der Waals surface area contributed by atoms with Crippen molar-refractivity contribution in [3.8, 4) is 0 Å². The SMILES string of the molecule is NC(N)=NC(=O)c1ccc2c3ccccc3n(C3COC3)c2c1. The average molecular weight is 308 g/mol. The normalized spacial score (nSPS) is 14.8. The van der Waals surface area contributed by atoms with Crippen molar-refractivity contribution in [1.82, 2.24) is 4.57 Å². The summed E-state index contributed by atoms with van der Waals surface area (Å²) in [6.45, 7) is 1.36. The van der Waals surface area contributed by atoms with Crippen LogP contribution in [-0.2, 0) is 4.74 Å². The third-order valence-electron chi connectivity index (χ3n) is 4.17. The number of amides is 1. The molecule has 0 aliphatic carbocycles. The van der Waals surface area contributed by atoms with Crippen LogP contribution in [0.5, 0.6) is 0 Å². The fraction of sp³-hybridized carbons (Fsp3) is 0.176. The molecule has 6 heteroatoms. The zero-order valence-corrected chi connectivity index (χ0v) is 12.4. The van der Waals surface area contributed by atoms with E-state index in [9.17, 15) is 4.79 Å². The summed E-state index contributed by atoms with van der Waals surface area (Å²) in [6, 6.07) is 14.0. The molecule has 0 unspecified atom stereocenters. The molecule has 2 aromatic carbocycles. The van der Waals surface area contributed by atoms with E-state index in [0.717, 1.165) is 21.8 Å². The summed E-state index contributed by atoms with van der Waals surface area (Å²) in [5, 5.41) is 2.27. The third-order valence-corrected chi connectivity index (χ3v) is 4.17. The molecule has 6 nitrogen and oxygen atoms in total.